The minimum Gasteiger partial charge on any atom is -0.481 e. The number of benzene rings is 1. The molecule has 1 aliphatic rings. The van der Waals surface area contributed by atoms with Gasteiger partial charge in [0.05, 0.1) is 0 Å². The Morgan fingerprint density at radius 1 is 1.29 bits per heavy atom. The second kappa shape index (κ2) is 6.22. The summed E-state index contributed by atoms with van der Waals surface area (Å²) in [7, 11) is 0. The van der Waals surface area contributed by atoms with E-state index in [-0.39, 0.29) is 6.42 Å². The summed E-state index contributed by atoms with van der Waals surface area (Å²) in [6.07, 6.45) is 3.50. The Labute approximate surface area is 127 Å². The van der Waals surface area contributed by atoms with Crippen LogP contribution in [0.2, 0.25) is 0 Å². The first kappa shape index (κ1) is 14.0. The molecule has 2 N–H and O–H groups in total. The Morgan fingerprint density at radius 3 is 2.67 bits per heavy atom. The molecule has 6 heteroatoms. The fourth-order valence-electron chi connectivity index (χ4n) is 2.64. The third-order valence-corrected chi connectivity index (χ3v) is 4.54. The molecular weight excluding hydrogens is 286 g/mol. The second-order valence-corrected chi connectivity index (χ2v) is 6.33. The van der Waals surface area contributed by atoms with Crippen molar-refractivity contribution in [2.75, 3.05) is 5.32 Å². The lowest BCUT2D eigenvalue weighted by molar-refractivity contribution is -0.137. The Balaban J connectivity index is 1.53. The summed E-state index contributed by atoms with van der Waals surface area (Å²) in [5, 5.41) is 22.1. The minimum absolute atomic E-state index is 0.181. The van der Waals surface area contributed by atoms with E-state index < -0.39 is 5.97 Å². The van der Waals surface area contributed by atoms with Crippen LogP contribution in [0.3, 0.4) is 0 Å². The predicted octanol–water partition coefficient (Wildman–Crippen LogP) is 2.52. The Hall–Kier alpha value is -1.95. The van der Waals surface area contributed by atoms with Gasteiger partial charge in [-0.25, -0.2) is 0 Å². The first-order chi connectivity index (χ1) is 10.2. The Morgan fingerprint density at radius 2 is 2.00 bits per heavy atom. The predicted molar refractivity (Wildman–Crippen MR) is 81.7 cm³/mol. The molecule has 0 fully saturated rings. The summed E-state index contributed by atoms with van der Waals surface area (Å²) >= 11 is 1.52. The number of nitrogens with one attached hydrogen (secondary N) is 1. The van der Waals surface area contributed by atoms with E-state index in [1.165, 1.54) is 22.5 Å². The number of aromatic nitrogens is 2. The molecule has 0 saturated heterocycles. The van der Waals surface area contributed by atoms with E-state index in [9.17, 15) is 4.79 Å². The number of aliphatic carboxylic acids is 1. The normalized spacial score (nSPS) is 14.1. The molecule has 3 rings (SSSR count). The van der Waals surface area contributed by atoms with Crippen LogP contribution in [-0.4, -0.2) is 27.3 Å². The molecule has 1 aromatic heterocycles. The summed E-state index contributed by atoms with van der Waals surface area (Å²) in [4.78, 5) is 10.5. The number of aryl methyl sites for hydroxylation is 1. The molecule has 0 atom stereocenters. The molecule has 1 heterocycles. The van der Waals surface area contributed by atoms with Gasteiger partial charge in [-0.05, 0) is 30.4 Å². The van der Waals surface area contributed by atoms with Crippen LogP contribution in [0.1, 0.15) is 29.0 Å². The highest BCUT2D eigenvalue weighted by atomic mass is 32.1. The SMILES string of the molecule is O=C(O)CCCc1nnc(NC2Cc3ccccc3C2)s1. The van der Waals surface area contributed by atoms with Crippen LogP contribution in [-0.2, 0) is 24.1 Å². The van der Waals surface area contributed by atoms with Crippen molar-refractivity contribution in [1.82, 2.24) is 10.2 Å². The van der Waals surface area contributed by atoms with Gasteiger partial charge in [0.2, 0.25) is 5.13 Å². The molecular formula is C15H17N3O2S. The molecule has 0 saturated carbocycles. The molecule has 0 unspecified atom stereocenters. The molecule has 0 amide bonds. The zero-order valence-electron chi connectivity index (χ0n) is 11.6. The van der Waals surface area contributed by atoms with Gasteiger partial charge in [-0.2, -0.15) is 0 Å². The second-order valence-electron chi connectivity index (χ2n) is 5.27. The summed E-state index contributed by atoms with van der Waals surface area (Å²) in [6.45, 7) is 0. The van der Waals surface area contributed by atoms with Gasteiger partial charge in [0.15, 0.2) is 0 Å². The lowest BCUT2D eigenvalue weighted by atomic mass is 10.1. The largest absolute Gasteiger partial charge is 0.481 e. The lowest BCUT2D eigenvalue weighted by Crippen LogP contribution is -2.19. The van der Waals surface area contributed by atoms with Crippen LogP contribution in [0, 0.1) is 0 Å². The van der Waals surface area contributed by atoms with E-state index in [1.54, 1.807) is 0 Å². The van der Waals surface area contributed by atoms with Crippen molar-refractivity contribution >= 4 is 22.4 Å². The van der Waals surface area contributed by atoms with Crippen LogP contribution in [0.25, 0.3) is 0 Å². The number of nitrogens with zero attached hydrogens (tertiary/aromatic N) is 2. The lowest BCUT2D eigenvalue weighted by Gasteiger charge is -2.09. The van der Waals surface area contributed by atoms with Crippen molar-refractivity contribution in [3.8, 4) is 0 Å². The zero-order valence-corrected chi connectivity index (χ0v) is 12.4. The number of carboxylic acid groups (broad SMARTS) is 1. The monoisotopic (exact) mass is 303 g/mol. The maximum absolute atomic E-state index is 10.5. The van der Waals surface area contributed by atoms with Crippen LogP contribution >= 0.6 is 11.3 Å². The maximum atomic E-state index is 10.5. The molecule has 0 spiro atoms. The zero-order chi connectivity index (χ0) is 14.7. The maximum Gasteiger partial charge on any atom is 0.303 e. The number of hydrogen-bond donors (Lipinski definition) is 2. The average Bonchev–Trinajstić information content (AvgIpc) is 3.04. The van der Waals surface area contributed by atoms with E-state index in [2.05, 4.69) is 39.8 Å². The Bertz CT molecular complexity index is 616. The number of hydrogen-bond acceptors (Lipinski definition) is 5. The van der Waals surface area contributed by atoms with Gasteiger partial charge < -0.3 is 10.4 Å². The first-order valence-corrected chi connectivity index (χ1v) is 7.90. The van der Waals surface area contributed by atoms with Gasteiger partial charge in [-0.3, -0.25) is 4.79 Å². The third kappa shape index (κ3) is 3.58. The first-order valence-electron chi connectivity index (χ1n) is 7.08. The molecule has 1 aromatic carbocycles. The van der Waals surface area contributed by atoms with Crippen molar-refractivity contribution < 1.29 is 9.90 Å². The summed E-state index contributed by atoms with van der Waals surface area (Å²) in [5.41, 5.74) is 2.81. The molecule has 0 bridgehead atoms. The Kier molecular flexibility index (Phi) is 4.15. The number of anilines is 1. The average molecular weight is 303 g/mol. The van der Waals surface area contributed by atoms with Crippen molar-refractivity contribution in [3.05, 3.63) is 40.4 Å². The molecule has 2 aromatic rings. The van der Waals surface area contributed by atoms with E-state index >= 15 is 0 Å². The van der Waals surface area contributed by atoms with Gasteiger partial charge in [0, 0.05) is 18.9 Å². The molecule has 110 valence electrons. The standard InChI is InChI=1S/C15H17N3O2S/c19-14(20)7-3-6-13-17-18-15(21-13)16-12-8-10-4-1-2-5-11(10)9-12/h1-2,4-5,12H,3,6-9H2,(H,16,18)(H,19,20). The van der Waals surface area contributed by atoms with Crippen LogP contribution in [0.15, 0.2) is 24.3 Å². The van der Waals surface area contributed by atoms with Gasteiger partial charge in [0.1, 0.15) is 5.01 Å². The highest BCUT2D eigenvalue weighted by molar-refractivity contribution is 7.15. The summed E-state index contributed by atoms with van der Waals surface area (Å²) in [6, 6.07) is 8.88. The number of fused-ring (bicyclic) bond motifs is 1. The highest BCUT2D eigenvalue weighted by Crippen LogP contribution is 2.26. The fourth-order valence-corrected chi connectivity index (χ4v) is 3.50. The third-order valence-electron chi connectivity index (χ3n) is 3.63. The number of carbonyl (C=O) groups is 1. The molecule has 0 aliphatic heterocycles. The fraction of sp³-hybridized carbons (Fsp3) is 0.400. The van der Waals surface area contributed by atoms with Crippen molar-refractivity contribution in [1.29, 1.82) is 0 Å². The number of carboxylic acids is 1. The topological polar surface area (TPSA) is 75.1 Å². The molecule has 1 aliphatic carbocycles. The molecule has 0 radical (unpaired) electrons. The summed E-state index contributed by atoms with van der Waals surface area (Å²) in [5.74, 6) is -0.762. The number of rotatable bonds is 6. The van der Waals surface area contributed by atoms with Gasteiger partial charge >= 0.3 is 5.97 Å². The summed E-state index contributed by atoms with van der Waals surface area (Å²) < 4.78 is 0. The van der Waals surface area contributed by atoms with Crippen LogP contribution < -0.4 is 5.32 Å². The van der Waals surface area contributed by atoms with E-state index in [1.807, 2.05) is 0 Å². The highest BCUT2D eigenvalue weighted by Gasteiger charge is 2.21. The smallest absolute Gasteiger partial charge is 0.303 e. The van der Waals surface area contributed by atoms with Crippen molar-refractivity contribution in [2.45, 2.75) is 38.1 Å². The van der Waals surface area contributed by atoms with Gasteiger partial charge in [0.25, 0.3) is 0 Å². The van der Waals surface area contributed by atoms with Crippen LogP contribution in [0.4, 0.5) is 5.13 Å². The molecule has 5 nitrogen and oxygen atoms in total. The quantitative estimate of drug-likeness (QED) is 0.857. The minimum atomic E-state index is -0.762. The van der Waals surface area contributed by atoms with Crippen molar-refractivity contribution in [3.63, 3.8) is 0 Å². The van der Waals surface area contributed by atoms with E-state index in [4.69, 9.17) is 5.11 Å². The van der Waals surface area contributed by atoms with E-state index in [0.29, 0.717) is 18.9 Å². The van der Waals surface area contributed by atoms with Crippen molar-refractivity contribution in [2.24, 2.45) is 0 Å². The van der Waals surface area contributed by atoms with E-state index in [0.717, 1.165) is 23.0 Å². The van der Waals surface area contributed by atoms with Gasteiger partial charge in [-0.15, -0.1) is 10.2 Å². The van der Waals surface area contributed by atoms with Gasteiger partial charge in [-0.1, -0.05) is 35.6 Å². The van der Waals surface area contributed by atoms with Crippen LogP contribution in [0.5, 0.6) is 0 Å². The molecule has 21 heavy (non-hydrogen) atoms.